The lowest BCUT2D eigenvalue weighted by atomic mass is 10.0. The second-order valence-corrected chi connectivity index (χ2v) is 6.08. The fourth-order valence-corrected chi connectivity index (χ4v) is 3.34. The van der Waals surface area contributed by atoms with Gasteiger partial charge in [0.25, 0.3) is 0 Å². The molecular weight excluding hydrogens is 252 g/mol. The molecule has 1 fully saturated rings. The summed E-state index contributed by atoms with van der Waals surface area (Å²) < 4.78 is 0. The van der Waals surface area contributed by atoms with E-state index < -0.39 is 0 Å². The summed E-state index contributed by atoms with van der Waals surface area (Å²) in [5.41, 5.74) is 1.41. The van der Waals surface area contributed by atoms with Crippen molar-refractivity contribution < 1.29 is 0 Å². The molecule has 1 atom stereocenters. The second-order valence-electron chi connectivity index (χ2n) is 5.05. The van der Waals surface area contributed by atoms with Gasteiger partial charge in [-0.1, -0.05) is 36.4 Å². The lowest BCUT2D eigenvalue weighted by Gasteiger charge is -2.33. The third-order valence-electron chi connectivity index (χ3n) is 3.72. The average molecular weight is 272 g/mol. The summed E-state index contributed by atoms with van der Waals surface area (Å²) in [7, 11) is 0. The minimum atomic E-state index is 0.485. The maximum absolute atomic E-state index is 3.62. The summed E-state index contributed by atoms with van der Waals surface area (Å²) in [6.45, 7) is 4.54. The van der Waals surface area contributed by atoms with Gasteiger partial charge < -0.3 is 5.32 Å². The Kier molecular flexibility index (Phi) is 4.28. The summed E-state index contributed by atoms with van der Waals surface area (Å²) in [4.78, 5) is 4.07. The lowest BCUT2D eigenvalue weighted by molar-refractivity contribution is 0.203. The van der Waals surface area contributed by atoms with Crippen LogP contribution in [0.15, 0.2) is 47.8 Å². The summed E-state index contributed by atoms with van der Waals surface area (Å²) >= 11 is 1.87. The maximum atomic E-state index is 3.62. The van der Waals surface area contributed by atoms with Gasteiger partial charge in [0, 0.05) is 37.1 Å². The van der Waals surface area contributed by atoms with Gasteiger partial charge in [-0.2, -0.15) is 0 Å². The van der Waals surface area contributed by atoms with Gasteiger partial charge >= 0.3 is 0 Å². The predicted octanol–water partition coefficient (Wildman–Crippen LogP) is 2.94. The number of hydrogen-bond acceptors (Lipinski definition) is 3. The first-order valence-corrected chi connectivity index (χ1v) is 7.83. The van der Waals surface area contributed by atoms with Crippen molar-refractivity contribution in [3.63, 3.8) is 0 Å². The van der Waals surface area contributed by atoms with Crippen molar-refractivity contribution in [3.05, 3.63) is 58.3 Å². The molecule has 1 saturated heterocycles. The van der Waals surface area contributed by atoms with E-state index in [9.17, 15) is 0 Å². The summed E-state index contributed by atoms with van der Waals surface area (Å²) in [6, 6.07) is 15.6. The first-order valence-electron chi connectivity index (χ1n) is 6.95. The Labute approximate surface area is 119 Å². The molecule has 1 N–H and O–H groups in total. The summed E-state index contributed by atoms with van der Waals surface area (Å²) in [5.74, 6) is 0. The molecule has 2 aromatic rings. The van der Waals surface area contributed by atoms with Gasteiger partial charge in [0.05, 0.1) is 0 Å². The molecule has 3 rings (SSSR count). The van der Waals surface area contributed by atoms with Crippen LogP contribution in [0.4, 0.5) is 0 Å². The van der Waals surface area contributed by atoms with Crippen LogP contribution in [0.2, 0.25) is 0 Å². The van der Waals surface area contributed by atoms with Crippen molar-refractivity contribution in [2.75, 3.05) is 26.2 Å². The molecule has 1 aromatic heterocycles. The number of benzene rings is 1. The summed E-state index contributed by atoms with van der Waals surface area (Å²) in [5, 5.41) is 5.79. The molecule has 1 aliphatic heterocycles. The van der Waals surface area contributed by atoms with E-state index in [-0.39, 0.29) is 0 Å². The second kappa shape index (κ2) is 6.33. The highest BCUT2D eigenvalue weighted by atomic mass is 32.1. The van der Waals surface area contributed by atoms with Crippen LogP contribution in [-0.2, 0) is 6.42 Å². The molecule has 3 heteroatoms. The van der Waals surface area contributed by atoms with E-state index in [1.165, 1.54) is 23.4 Å². The van der Waals surface area contributed by atoms with Gasteiger partial charge in [-0.15, -0.1) is 11.3 Å². The molecule has 1 aliphatic rings. The van der Waals surface area contributed by atoms with Crippen molar-refractivity contribution in [1.82, 2.24) is 10.2 Å². The monoisotopic (exact) mass is 272 g/mol. The fourth-order valence-electron chi connectivity index (χ4n) is 2.65. The zero-order valence-corrected chi connectivity index (χ0v) is 11.9. The highest BCUT2D eigenvalue weighted by molar-refractivity contribution is 7.09. The first kappa shape index (κ1) is 12.9. The molecule has 0 radical (unpaired) electrons. The number of piperazine rings is 1. The first-order chi connectivity index (χ1) is 9.42. The van der Waals surface area contributed by atoms with Crippen LogP contribution >= 0.6 is 11.3 Å². The fraction of sp³-hybridized carbons (Fsp3) is 0.375. The molecule has 2 nitrogen and oxygen atoms in total. The predicted molar refractivity (Wildman–Crippen MR) is 81.6 cm³/mol. The molecule has 0 aliphatic carbocycles. The van der Waals surface area contributed by atoms with Gasteiger partial charge in [0.2, 0.25) is 0 Å². The van der Waals surface area contributed by atoms with E-state index in [2.05, 4.69) is 58.1 Å². The van der Waals surface area contributed by atoms with Crippen LogP contribution in [0.3, 0.4) is 0 Å². The Morgan fingerprint density at radius 1 is 1.16 bits per heavy atom. The lowest BCUT2D eigenvalue weighted by Crippen LogP contribution is -2.46. The van der Waals surface area contributed by atoms with Gasteiger partial charge in [0.1, 0.15) is 0 Å². The Morgan fingerprint density at radius 2 is 2.05 bits per heavy atom. The minimum absolute atomic E-state index is 0.485. The average Bonchev–Trinajstić information content (AvgIpc) is 3.00. The van der Waals surface area contributed by atoms with Crippen LogP contribution in [0.5, 0.6) is 0 Å². The van der Waals surface area contributed by atoms with E-state index in [1.807, 2.05) is 11.3 Å². The molecule has 1 unspecified atom stereocenters. The highest BCUT2D eigenvalue weighted by Gasteiger charge is 2.20. The van der Waals surface area contributed by atoms with Crippen molar-refractivity contribution >= 4 is 11.3 Å². The zero-order chi connectivity index (χ0) is 12.9. The Bertz CT molecular complexity index is 481. The Hall–Kier alpha value is -1.16. The van der Waals surface area contributed by atoms with E-state index in [0.29, 0.717) is 6.04 Å². The maximum Gasteiger partial charge on any atom is 0.0449 e. The van der Waals surface area contributed by atoms with Crippen molar-refractivity contribution in [2.45, 2.75) is 12.5 Å². The SMILES string of the molecule is c1ccc(C2CN(CCc3cccs3)CCN2)cc1. The number of hydrogen-bond donors (Lipinski definition) is 1. The number of nitrogens with zero attached hydrogens (tertiary/aromatic N) is 1. The van der Waals surface area contributed by atoms with Crippen molar-refractivity contribution in [2.24, 2.45) is 0 Å². The van der Waals surface area contributed by atoms with E-state index in [4.69, 9.17) is 0 Å². The van der Waals surface area contributed by atoms with Gasteiger partial charge in [0.15, 0.2) is 0 Å². The Morgan fingerprint density at radius 3 is 2.84 bits per heavy atom. The van der Waals surface area contributed by atoms with Crippen LogP contribution in [0, 0.1) is 0 Å². The van der Waals surface area contributed by atoms with Crippen LogP contribution in [-0.4, -0.2) is 31.1 Å². The molecule has 0 bridgehead atoms. The molecule has 2 heterocycles. The molecule has 19 heavy (non-hydrogen) atoms. The smallest absolute Gasteiger partial charge is 0.0449 e. The van der Waals surface area contributed by atoms with Gasteiger partial charge in [-0.05, 0) is 23.4 Å². The number of rotatable bonds is 4. The van der Waals surface area contributed by atoms with Gasteiger partial charge in [-0.3, -0.25) is 4.90 Å². The quantitative estimate of drug-likeness (QED) is 0.920. The highest BCUT2D eigenvalue weighted by Crippen LogP contribution is 2.17. The molecule has 1 aromatic carbocycles. The number of thiophene rings is 1. The molecule has 100 valence electrons. The van der Waals surface area contributed by atoms with Gasteiger partial charge in [-0.25, -0.2) is 0 Å². The third kappa shape index (κ3) is 3.44. The zero-order valence-electron chi connectivity index (χ0n) is 11.1. The van der Waals surface area contributed by atoms with Crippen molar-refractivity contribution in [3.8, 4) is 0 Å². The normalized spacial score (nSPS) is 20.5. The topological polar surface area (TPSA) is 15.3 Å². The van der Waals surface area contributed by atoms with Crippen molar-refractivity contribution in [1.29, 1.82) is 0 Å². The van der Waals surface area contributed by atoms with E-state index in [0.717, 1.165) is 19.6 Å². The standard InChI is InChI=1S/C16H20N2S/c1-2-5-14(6-3-1)16-13-18(11-9-17-16)10-8-15-7-4-12-19-15/h1-7,12,16-17H,8-11,13H2. The molecule has 0 saturated carbocycles. The number of nitrogens with one attached hydrogen (secondary N) is 1. The molecule has 0 spiro atoms. The van der Waals surface area contributed by atoms with E-state index >= 15 is 0 Å². The van der Waals surface area contributed by atoms with Crippen LogP contribution in [0.1, 0.15) is 16.5 Å². The van der Waals surface area contributed by atoms with Crippen LogP contribution in [0.25, 0.3) is 0 Å². The largest absolute Gasteiger partial charge is 0.308 e. The minimum Gasteiger partial charge on any atom is -0.308 e. The third-order valence-corrected chi connectivity index (χ3v) is 4.65. The molecule has 0 amide bonds. The Balaban J connectivity index is 1.56. The van der Waals surface area contributed by atoms with E-state index in [1.54, 1.807) is 0 Å². The summed E-state index contributed by atoms with van der Waals surface area (Å²) in [6.07, 6.45) is 1.18. The van der Waals surface area contributed by atoms with Crippen LogP contribution < -0.4 is 5.32 Å². The molecular formula is C16H20N2S.